The van der Waals surface area contributed by atoms with Gasteiger partial charge in [-0.25, -0.2) is 0 Å². The Morgan fingerprint density at radius 1 is 1.00 bits per heavy atom. The third kappa shape index (κ3) is 1.83. The zero-order chi connectivity index (χ0) is 13.6. The third-order valence-electron chi connectivity index (χ3n) is 5.37. The summed E-state index contributed by atoms with van der Waals surface area (Å²) < 4.78 is 0. The van der Waals surface area contributed by atoms with Crippen LogP contribution < -0.4 is 5.32 Å². The van der Waals surface area contributed by atoms with Crippen LogP contribution in [0.2, 0.25) is 0 Å². The van der Waals surface area contributed by atoms with Crippen molar-refractivity contribution in [1.29, 1.82) is 0 Å². The predicted octanol–water partition coefficient (Wildman–Crippen LogP) is 5.46. The quantitative estimate of drug-likeness (QED) is 0.666. The minimum atomic E-state index is 0.382. The summed E-state index contributed by atoms with van der Waals surface area (Å²) in [5.74, 6) is 0.662. The summed E-state index contributed by atoms with van der Waals surface area (Å²) in [6.07, 6.45) is 8.20. The van der Waals surface area contributed by atoms with Gasteiger partial charge in [0, 0.05) is 11.2 Å². The highest BCUT2D eigenvalue weighted by Gasteiger charge is 2.38. The minimum Gasteiger partial charge on any atom is -0.379 e. The number of hydrogen-bond donors (Lipinski definition) is 1. The number of nitrogens with one attached hydrogen (secondary N) is 1. The highest BCUT2D eigenvalue weighted by Crippen LogP contribution is 2.47. The van der Waals surface area contributed by atoms with Crippen molar-refractivity contribution in [2.24, 2.45) is 0 Å². The second-order valence-corrected chi connectivity index (χ2v) is 6.82. The van der Waals surface area contributed by atoms with E-state index in [9.17, 15) is 0 Å². The van der Waals surface area contributed by atoms with Crippen molar-refractivity contribution >= 4 is 16.5 Å². The van der Waals surface area contributed by atoms with E-state index in [-0.39, 0.29) is 0 Å². The average Bonchev–Trinajstić information content (AvgIpc) is 2.47. The molecule has 1 N–H and O–H groups in total. The van der Waals surface area contributed by atoms with Gasteiger partial charge in [-0.05, 0) is 47.6 Å². The molecule has 2 aromatic rings. The summed E-state index contributed by atoms with van der Waals surface area (Å²) in [4.78, 5) is 0. The molecule has 1 aliphatic heterocycles. The summed E-state index contributed by atoms with van der Waals surface area (Å²) in [5, 5.41) is 6.75. The molecule has 2 aliphatic rings. The van der Waals surface area contributed by atoms with E-state index in [2.05, 4.69) is 48.6 Å². The Bertz CT molecular complexity index is 637. The third-order valence-corrected chi connectivity index (χ3v) is 5.37. The van der Waals surface area contributed by atoms with Gasteiger partial charge in [-0.2, -0.15) is 0 Å². The van der Waals surface area contributed by atoms with Crippen LogP contribution in [0.4, 0.5) is 5.69 Å². The van der Waals surface area contributed by atoms with E-state index in [0.29, 0.717) is 11.5 Å². The van der Waals surface area contributed by atoms with Gasteiger partial charge in [0.25, 0.3) is 0 Å². The van der Waals surface area contributed by atoms with Gasteiger partial charge < -0.3 is 5.32 Å². The van der Waals surface area contributed by atoms with Crippen molar-refractivity contribution in [3.8, 4) is 0 Å². The molecule has 4 rings (SSSR count). The van der Waals surface area contributed by atoms with Crippen LogP contribution in [-0.4, -0.2) is 5.54 Å². The zero-order valence-electron chi connectivity index (χ0n) is 12.3. The molecule has 1 fully saturated rings. The molecule has 1 saturated carbocycles. The maximum Gasteiger partial charge on any atom is 0.0386 e. The molecule has 1 nitrogen and oxygen atoms in total. The normalized spacial score (nSPS) is 24.4. The SMILES string of the molecule is C[C@@H]1CC2(CCCCC2)Nc2ccc3ccccc3c21. The molecule has 0 unspecified atom stereocenters. The first-order valence-electron chi connectivity index (χ1n) is 8.07. The Morgan fingerprint density at radius 3 is 2.65 bits per heavy atom. The van der Waals surface area contributed by atoms with Gasteiger partial charge in [-0.15, -0.1) is 0 Å². The average molecular weight is 265 g/mol. The summed E-state index contributed by atoms with van der Waals surface area (Å²) >= 11 is 0. The maximum absolute atomic E-state index is 3.93. The number of anilines is 1. The lowest BCUT2D eigenvalue weighted by molar-refractivity contribution is 0.282. The molecule has 20 heavy (non-hydrogen) atoms. The van der Waals surface area contributed by atoms with Crippen LogP contribution >= 0.6 is 0 Å². The van der Waals surface area contributed by atoms with E-state index in [1.807, 2.05) is 0 Å². The largest absolute Gasteiger partial charge is 0.379 e. The molecule has 0 aromatic heterocycles. The van der Waals surface area contributed by atoms with Crippen molar-refractivity contribution in [3.05, 3.63) is 42.0 Å². The first-order valence-corrected chi connectivity index (χ1v) is 8.07. The van der Waals surface area contributed by atoms with Crippen molar-refractivity contribution in [1.82, 2.24) is 0 Å². The second-order valence-electron chi connectivity index (χ2n) is 6.82. The zero-order valence-corrected chi connectivity index (χ0v) is 12.3. The van der Waals surface area contributed by atoms with Gasteiger partial charge >= 0.3 is 0 Å². The molecule has 1 spiro atoms. The van der Waals surface area contributed by atoms with Crippen molar-refractivity contribution in [3.63, 3.8) is 0 Å². The van der Waals surface area contributed by atoms with Crippen LogP contribution in [0.15, 0.2) is 36.4 Å². The predicted molar refractivity (Wildman–Crippen MR) is 86.4 cm³/mol. The van der Waals surface area contributed by atoms with E-state index in [1.165, 1.54) is 55.0 Å². The summed E-state index contributed by atoms with van der Waals surface area (Å²) in [5.41, 5.74) is 3.32. The van der Waals surface area contributed by atoms with E-state index < -0.39 is 0 Å². The summed E-state index contributed by atoms with van der Waals surface area (Å²) in [7, 11) is 0. The Hall–Kier alpha value is -1.50. The van der Waals surface area contributed by atoms with E-state index in [0.717, 1.165) is 0 Å². The lowest BCUT2D eigenvalue weighted by atomic mass is 9.71. The van der Waals surface area contributed by atoms with Gasteiger partial charge in [0.05, 0.1) is 0 Å². The fourth-order valence-electron chi connectivity index (χ4n) is 4.52. The first kappa shape index (κ1) is 12.3. The first-order chi connectivity index (χ1) is 9.77. The Kier molecular flexibility index (Phi) is 2.76. The molecule has 2 aromatic carbocycles. The van der Waals surface area contributed by atoms with Crippen LogP contribution in [-0.2, 0) is 0 Å². The van der Waals surface area contributed by atoms with Crippen molar-refractivity contribution in [2.75, 3.05) is 5.32 Å². The molecule has 0 amide bonds. The highest BCUT2D eigenvalue weighted by molar-refractivity contribution is 5.91. The Labute approximate surface area is 121 Å². The highest BCUT2D eigenvalue weighted by atomic mass is 15.0. The lowest BCUT2D eigenvalue weighted by Gasteiger charge is -2.45. The van der Waals surface area contributed by atoms with Gasteiger partial charge in [0.15, 0.2) is 0 Å². The molecule has 104 valence electrons. The van der Waals surface area contributed by atoms with Crippen LogP contribution in [0, 0.1) is 0 Å². The van der Waals surface area contributed by atoms with Crippen LogP contribution in [0.5, 0.6) is 0 Å². The van der Waals surface area contributed by atoms with Crippen LogP contribution in [0.3, 0.4) is 0 Å². The maximum atomic E-state index is 3.93. The summed E-state index contributed by atoms with van der Waals surface area (Å²) in [6, 6.07) is 13.4. The molecule has 0 radical (unpaired) electrons. The topological polar surface area (TPSA) is 12.0 Å². The fourth-order valence-corrected chi connectivity index (χ4v) is 4.52. The van der Waals surface area contributed by atoms with E-state index >= 15 is 0 Å². The van der Waals surface area contributed by atoms with Gasteiger partial charge in [0.1, 0.15) is 0 Å². The molecular formula is C19H23N. The number of fused-ring (bicyclic) bond motifs is 3. The van der Waals surface area contributed by atoms with Gasteiger partial charge in [0.2, 0.25) is 0 Å². The number of rotatable bonds is 0. The smallest absolute Gasteiger partial charge is 0.0386 e. The standard InChI is InChI=1S/C19H23N/c1-14-13-19(11-5-2-6-12-19)20-17-10-9-15-7-3-4-8-16(15)18(14)17/h3-4,7-10,14,20H,2,5-6,11-13H2,1H3/t14-/m1/s1. The van der Waals surface area contributed by atoms with Crippen molar-refractivity contribution < 1.29 is 0 Å². The molecule has 1 atom stereocenters. The second kappa shape index (κ2) is 4.51. The van der Waals surface area contributed by atoms with Gasteiger partial charge in [-0.1, -0.05) is 56.5 Å². The van der Waals surface area contributed by atoms with E-state index in [1.54, 1.807) is 5.56 Å². The Morgan fingerprint density at radius 2 is 1.80 bits per heavy atom. The minimum absolute atomic E-state index is 0.382. The van der Waals surface area contributed by atoms with Crippen LogP contribution in [0.25, 0.3) is 10.8 Å². The van der Waals surface area contributed by atoms with E-state index in [4.69, 9.17) is 0 Å². The molecule has 1 heteroatoms. The fraction of sp³-hybridized carbons (Fsp3) is 0.474. The summed E-state index contributed by atoms with van der Waals surface area (Å²) in [6.45, 7) is 2.42. The molecular weight excluding hydrogens is 242 g/mol. The van der Waals surface area contributed by atoms with Crippen LogP contribution in [0.1, 0.15) is 56.9 Å². The van der Waals surface area contributed by atoms with Gasteiger partial charge in [-0.3, -0.25) is 0 Å². The molecule has 0 bridgehead atoms. The molecule has 1 heterocycles. The molecule has 0 saturated heterocycles. The molecule has 1 aliphatic carbocycles. The lowest BCUT2D eigenvalue weighted by Crippen LogP contribution is -2.44. The number of hydrogen-bond acceptors (Lipinski definition) is 1. The Balaban J connectivity index is 1.83. The van der Waals surface area contributed by atoms with Crippen molar-refractivity contribution in [2.45, 2.75) is 56.9 Å². The number of benzene rings is 2. The monoisotopic (exact) mass is 265 g/mol.